The maximum absolute atomic E-state index is 13.3. The highest BCUT2D eigenvalue weighted by Crippen LogP contribution is 2.32. The summed E-state index contributed by atoms with van der Waals surface area (Å²) in [5.74, 6) is 1.70. The van der Waals surface area contributed by atoms with E-state index in [1.165, 1.54) is 5.56 Å². The molecule has 37 heavy (non-hydrogen) atoms. The van der Waals surface area contributed by atoms with Gasteiger partial charge in [0.15, 0.2) is 5.82 Å². The van der Waals surface area contributed by atoms with Gasteiger partial charge >= 0.3 is 0 Å². The smallest absolute Gasteiger partial charge is 0.252 e. The molecule has 2 aromatic carbocycles. The minimum Gasteiger partial charge on any atom is -0.496 e. The van der Waals surface area contributed by atoms with Crippen LogP contribution in [-0.2, 0) is 24.4 Å². The van der Waals surface area contributed by atoms with E-state index >= 15 is 0 Å². The van der Waals surface area contributed by atoms with Crippen LogP contribution in [-0.4, -0.2) is 50.9 Å². The Morgan fingerprint density at radius 3 is 2.49 bits per heavy atom. The lowest BCUT2D eigenvalue weighted by Crippen LogP contribution is -2.35. The van der Waals surface area contributed by atoms with Gasteiger partial charge in [-0.2, -0.15) is 0 Å². The number of tetrazole rings is 1. The minimum atomic E-state index is -0.161. The highest BCUT2D eigenvalue weighted by Gasteiger charge is 2.30. The second-order valence-electron chi connectivity index (χ2n) is 9.81. The number of para-hydroxylation sites is 1. The number of aromatic nitrogens is 5. The van der Waals surface area contributed by atoms with Crippen LogP contribution in [0.3, 0.4) is 0 Å². The molecule has 0 unspecified atom stereocenters. The number of benzene rings is 2. The van der Waals surface area contributed by atoms with Crippen LogP contribution in [0.4, 0.5) is 0 Å². The Labute approximate surface area is 217 Å². The molecule has 2 heterocycles. The molecule has 9 heteroatoms. The number of fused-ring (bicyclic) bond motifs is 1. The number of nitrogens with zero attached hydrogens (tertiary/aromatic N) is 5. The number of methoxy groups -OCH3 is 2. The average Bonchev–Trinajstić information content (AvgIpc) is 3.32. The summed E-state index contributed by atoms with van der Waals surface area (Å²) < 4.78 is 12.7. The molecule has 196 valence electrons. The predicted octanol–water partition coefficient (Wildman–Crippen LogP) is 4.19. The molecule has 4 aromatic rings. The van der Waals surface area contributed by atoms with Gasteiger partial charge in [0.25, 0.3) is 5.56 Å². The van der Waals surface area contributed by atoms with Crippen molar-refractivity contribution in [2.24, 2.45) is 5.92 Å². The van der Waals surface area contributed by atoms with E-state index in [2.05, 4.69) is 59.2 Å². The Bertz CT molecular complexity index is 1410. The SMILES string of the molecule is COCCn1nnnc1[C@H](C(C)C)N(Cc1ccccc1OC)Cc1cc2cc(C)c(C)cc2[nH]c1=O. The lowest BCUT2D eigenvalue weighted by atomic mass is 9.99. The maximum Gasteiger partial charge on any atom is 0.252 e. The first-order chi connectivity index (χ1) is 17.8. The number of pyridine rings is 1. The van der Waals surface area contributed by atoms with Gasteiger partial charge in [0, 0.05) is 36.8 Å². The summed E-state index contributed by atoms with van der Waals surface area (Å²) in [6.45, 7) is 10.4. The standard InChI is InChI=1S/C28H36N6O3/c1-18(2)26(27-30-31-32-34(27)11-12-36-5)33(16-21-9-7-8-10-25(21)37-6)17-23-15-22-13-19(3)20(4)14-24(22)29-28(23)35/h7-10,13-15,18,26H,11-12,16-17H2,1-6H3,(H,29,35)/t26-/m0/s1. The summed E-state index contributed by atoms with van der Waals surface area (Å²) in [6.07, 6.45) is 0. The molecule has 9 nitrogen and oxygen atoms in total. The van der Waals surface area contributed by atoms with Crippen molar-refractivity contribution in [1.29, 1.82) is 0 Å². The number of hydrogen-bond acceptors (Lipinski definition) is 7. The van der Waals surface area contributed by atoms with Crippen molar-refractivity contribution < 1.29 is 9.47 Å². The van der Waals surface area contributed by atoms with Gasteiger partial charge in [-0.3, -0.25) is 9.69 Å². The Hall–Kier alpha value is -3.56. The zero-order valence-corrected chi connectivity index (χ0v) is 22.5. The molecule has 0 spiro atoms. The van der Waals surface area contributed by atoms with Gasteiger partial charge < -0.3 is 14.5 Å². The van der Waals surface area contributed by atoms with E-state index < -0.39 is 0 Å². The second-order valence-corrected chi connectivity index (χ2v) is 9.81. The molecule has 1 atom stereocenters. The monoisotopic (exact) mass is 504 g/mol. The highest BCUT2D eigenvalue weighted by molar-refractivity contribution is 5.80. The molecular weight excluding hydrogens is 468 g/mol. The number of nitrogens with one attached hydrogen (secondary N) is 1. The van der Waals surface area contributed by atoms with E-state index in [0.29, 0.717) is 31.8 Å². The van der Waals surface area contributed by atoms with Gasteiger partial charge in [-0.05, 0) is 71.0 Å². The number of hydrogen-bond donors (Lipinski definition) is 1. The van der Waals surface area contributed by atoms with Crippen molar-refractivity contribution in [3.8, 4) is 5.75 Å². The minimum absolute atomic E-state index is 0.0951. The zero-order chi connectivity index (χ0) is 26.5. The number of aryl methyl sites for hydroxylation is 2. The normalized spacial score (nSPS) is 12.5. The Morgan fingerprint density at radius 1 is 1.03 bits per heavy atom. The van der Waals surface area contributed by atoms with E-state index in [1.807, 2.05) is 36.4 Å². The molecular formula is C28H36N6O3. The molecule has 4 rings (SSSR count). The van der Waals surface area contributed by atoms with Crippen LogP contribution >= 0.6 is 0 Å². The molecule has 0 aliphatic carbocycles. The first-order valence-electron chi connectivity index (χ1n) is 12.6. The highest BCUT2D eigenvalue weighted by atomic mass is 16.5. The van der Waals surface area contributed by atoms with E-state index in [0.717, 1.165) is 33.6 Å². The van der Waals surface area contributed by atoms with Gasteiger partial charge in [0.1, 0.15) is 5.75 Å². The number of rotatable bonds is 11. The molecule has 0 fully saturated rings. The fourth-order valence-corrected chi connectivity index (χ4v) is 4.81. The van der Waals surface area contributed by atoms with Crippen LogP contribution in [0, 0.1) is 19.8 Å². The van der Waals surface area contributed by atoms with Gasteiger partial charge in [-0.15, -0.1) is 5.10 Å². The van der Waals surface area contributed by atoms with Crippen molar-refractivity contribution in [2.75, 3.05) is 20.8 Å². The third-order valence-electron chi connectivity index (χ3n) is 6.83. The summed E-state index contributed by atoms with van der Waals surface area (Å²) in [4.78, 5) is 18.6. The molecule has 0 aliphatic rings. The van der Waals surface area contributed by atoms with Crippen molar-refractivity contribution in [3.63, 3.8) is 0 Å². The molecule has 0 saturated carbocycles. The third-order valence-corrected chi connectivity index (χ3v) is 6.83. The molecule has 0 saturated heterocycles. The summed E-state index contributed by atoms with van der Waals surface area (Å²) in [5.41, 5.74) is 4.80. The number of H-pyrrole nitrogens is 1. The quantitative estimate of drug-likeness (QED) is 0.327. The van der Waals surface area contributed by atoms with E-state index in [1.54, 1.807) is 18.9 Å². The summed E-state index contributed by atoms with van der Waals surface area (Å²) in [7, 11) is 3.33. The average molecular weight is 505 g/mol. The molecule has 0 amide bonds. The number of ether oxygens (including phenoxy) is 2. The summed E-state index contributed by atoms with van der Waals surface area (Å²) in [6, 6.07) is 14.0. The Kier molecular flexibility index (Phi) is 8.35. The number of aromatic amines is 1. The zero-order valence-electron chi connectivity index (χ0n) is 22.5. The van der Waals surface area contributed by atoms with Gasteiger partial charge in [0.05, 0.1) is 26.3 Å². The first-order valence-corrected chi connectivity index (χ1v) is 12.6. The molecule has 0 radical (unpaired) electrons. The van der Waals surface area contributed by atoms with Crippen LogP contribution < -0.4 is 10.3 Å². The van der Waals surface area contributed by atoms with Gasteiger partial charge in [-0.1, -0.05) is 32.0 Å². The Balaban J connectivity index is 1.80. The van der Waals surface area contributed by atoms with Crippen molar-refractivity contribution in [2.45, 2.75) is 53.4 Å². The van der Waals surface area contributed by atoms with Crippen LogP contribution in [0.2, 0.25) is 0 Å². The molecule has 1 N–H and O–H groups in total. The summed E-state index contributed by atoms with van der Waals surface area (Å²) >= 11 is 0. The maximum atomic E-state index is 13.3. The molecule has 0 bridgehead atoms. The second kappa shape index (κ2) is 11.7. The largest absolute Gasteiger partial charge is 0.496 e. The Morgan fingerprint density at radius 2 is 1.76 bits per heavy atom. The third kappa shape index (κ3) is 5.89. The molecule has 2 aromatic heterocycles. The first kappa shape index (κ1) is 26.5. The van der Waals surface area contributed by atoms with Gasteiger partial charge in [0.2, 0.25) is 0 Å². The van der Waals surface area contributed by atoms with Crippen LogP contribution in [0.5, 0.6) is 5.75 Å². The van der Waals surface area contributed by atoms with Crippen LogP contribution in [0.25, 0.3) is 10.9 Å². The predicted molar refractivity (Wildman–Crippen MR) is 144 cm³/mol. The van der Waals surface area contributed by atoms with Crippen molar-refractivity contribution in [1.82, 2.24) is 30.1 Å². The van der Waals surface area contributed by atoms with Crippen LogP contribution in [0.15, 0.2) is 47.3 Å². The van der Waals surface area contributed by atoms with Crippen molar-refractivity contribution >= 4 is 10.9 Å². The van der Waals surface area contributed by atoms with E-state index in [4.69, 9.17) is 9.47 Å². The van der Waals surface area contributed by atoms with Crippen molar-refractivity contribution in [3.05, 3.63) is 80.9 Å². The fourth-order valence-electron chi connectivity index (χ4n) is 4.81. The topological polar surface area (TPSA) is 98.2 Å². The van der Waals surface area contributed by atoms with Gasteiger partial charge in [-0.25, -0.2) is 4.68 Å². The van der Waals surface area contributed by atoms with E-state index in [9.17, 15) is 4.79 Å². The summed E-state index contributed by atoms with van der Waals surface area (Å²) in [5, 5.41) is 13.6. The lowest BCUT2D eigenvalue weighted by molar-refractivity contribution is 0.120. The lowest BCUT2D eigenvalue weighted by Gasteiger charge is -2.34. The van der Waals surface area contributed by atoms with Crippen LogP contribution in [0.1, 0.15) is 48.0 Å². The van der Waals surface area contributed by atoms with E-state index in [-0.39, 0.29) is 17.5 Å². The fraction of sp³-hybridized carbons (Fsp3) is 0.429. The molecule has 0 aliphatic heterocycles.